The van der Waals surface area contributed by atoms with Crippen molar-refractivity contribution in [1.29, 1.82) is 0 Å². The standard InChI is InChI=1S/C17H18ClFO2/c1-10-8-12(9-11(2)17(10)19)16(18)15-13(20-3)6-5-7-14(15)21-4/h5-9,16H,1-4H3. The van der Waals surface area contributed by atoms with Crippen LogP contribution in [0.25, 0.3) is 0 Å². The van der Waals surface area contributed by atoms with E-state index in [9.17, 15) is 4.39 Å². The summed E-state index contributed by atoms with van der Waals surface area (Å²) >= 11 is 6.61. The van der Waals surface area contributed by atoms with Crippen molar-refractivity contribution in [1.82, 2.24) is 0 Å². The Morgan fingerprint density at radius 3 is 1.90 bits per heavy atom. The molecule has 2 aromatic carbocycles. The van der Waals surface area contributed by atoms with Gasteiger partial charge >= 0.3 is 0 Å². The van der Waals surface area contributed by atoms with Crippen LogP contribution in [0.15, 0.2) is 30.3 Å². The van der Waals surface area contributed by atoms with Gasteiger partial charge in [-0.2, -0.15) is 0 Å². The minimum atomic E-state index is -0.478. The van der Waals surface area contributed by atoms with E-state index in [1.807, 2.05) is 18.2 Å². The highest BCUT2D eigenvalue weighted by Gasteiger charge is 2.21. The SMILES string of the molecule is COc1cccc(OC)c1C(Cl)c1cc(C)c(F)c(C)c1. The molecule has 0 N–H and O–H groups in total. The molecule has 2 rings (SSSR count). The Hall–Kier alpha value is -1.74. The van der Waals surface area contributed by atoms with Crippen molar-refractivity contribution < 1.29 is 13.9 Å². The third kappa shape index (κ3) is 2.98. The van der Waals surface area contributed by atoms with Gasteiger partial charge in [0.25, 0.3) is 0 Å². The summed E-state index contributed by atoms with van der Waals surface area (Å²) in [4.78, 5) is 0. The Morgan fingerprint density at radius 1 is 1.00 bits per heavy atom. The average molecular weight is 309 g/mol. The van der Waals surface area contributed by atoms with Gasteiger partial charge in [0.15, 0.2) is 0 Å². The number of benzene rings is 2. The second-order valence-corrected chi connectivity index (χ2v) is 5.34. The largest absolute Gasteiger partial charge is 0.496 e. The number of rotatable bonds is 4. The van der Waals surface area contributed by atoms with Crippen LogP contribution in [0.2, 0.25) is 0 Å². The fourth-order valence-electron chi connectivity index (χ4n) is 2.42. The summed E-state index contributed by atoms with van der Waals surface area (Å²) in [5, 5.41) is -0.478. The van der Waals surface area contributed by atoms with Crippen LogP contribution >= 0.6 is 11.6 Å². The van der Waals surface area contributed by atoms with E-state index in [1.54, 1.807) is 40.2 Å². The minimum absolute atomic E-state index is 0.199. The lowest BCUT2D eigenvalue weighted by molar-refractivity contribution is 0.386. The van der Waals surface area contributed by atoms with Crippen molar-refractivity contribution in [3.05, 3.63) is 58.4 Å². The highest BCUT2D eigenvalue weighted by molar-refractivity contribution is 6.23. The molecule has 0 fully saturated rings. The number of alkyl halides is 1. The topological polar surface area (TPSA) is 18.5 Å². The monoisotopic (exact) mass is 308 g/mol. The molecule has 2 aromatic rings. The highest BCUT2D eigenvalue weighted by Crippen LogP contribution is 2.41. The van der Waals surface area contributed by atoms with E-state index in [4.69, 9.17) is 21.1 Å². The van der Waals surface area contributed by atoms with Crippen molar-refractivity contribution in [2.24, 2.45) is 0 Å². The molecule has 112 valence electrons. The van der Waals surface area contributed by atoms with Crippen LogP contribution in [0.3, 0.4) is 0 Å². The van der Waals surface area contributed by atoms with Crippen molar-refractivity contribution in [3.63, 3.8) is 0 Å². The first-order valence-corrected chi connectivity index (χ1v) is 7.04. The van der Waals surface area contributed by atoms with Gasteiger partial charge in [-0.25, -0.2) is 4.39 Å². The number of methoxy groups -OCH3 is 2. The molecule has 0 bridgehead atoms. The number of ether oxygens (including phenoxy) is 2. The maximum Gasteiger partial charge on any atom is 0.129 e. The van der Waals surface area contributed by atoms with Crippen LogP contribution in [0.4, 0.5) is 4.39 Å². The summed E-state index contributed by atoms with van der Waals surface area (Å²) in [6, 6.07) is 9.01. The Labute approximate surface area is 129 Å². The maximum atomic E-state index is 13.8. The smallest absolute Gasteiger partial charge is 0.129 e. The quantitative estimate of drug-likeness (QED) is 0.756. The molecule has 0 saturated carbocycles. The molecule has 21 heavy (non-hydrogen) atoms. The van der Waals surface area contributed by atoms with Gasteiger partial charge in [-0.3, -0.25) is 0 Å². The second-order valence-electron chi connectivity index (χ2n) is 4.91. The predicted molar refractivity (Wildman–Crippen MR) is 83.1 cm³/mol. The Kier molecular flexibility index (Phi) is 4.73. The van der Waals surface area contributed by atoms with Crippen LogP contribution in [-0.4, -0.2) is 14.2 Å². The van der Waals surface area contributed by atoms with E-state index in [2.05, 4.69) is 0 Å². The first kappa shape index (κ1) is 15.6. The molecule has 0 spiro atoms. The molecule has 1 unspecified atom stereocenters. The number of hydrogen-bond acceptors (Lipinski definition) is 2. The Balaban J connectivity index is 2.57. The molecule has 0 aliphatic carbocycles. The van der Waals surface area contributed by atoms with Crippen LogP contribution in [-0.2, 0) is 0 Å². The predicted octanol–water partition coefficient (Wildman–Crippen LogP) is 4.79. The fourth-order valence-corrected chi connectivity index (χ4v) is 2.76. The molecule has 0 heterocycles. The zero-order chi connectivity index (χ0) is 15.6. The molecule has 2 nitrogen and oxygen atoms in total. The van der Waals surface area contributed by atoms with E-state index < -0.39 is 5.38 Å². The van der Waals surface area contributed by atoms with Crippen LogP contribution in [0.1, 0.15) is 27.6 Å². The summed E-state index contributed by atoms with van der Waals surface area (Å²) < 4.78 is 24.5. The summed E-state index contributed by atoms with van der Waals surface area (Å²) in [6.45, 7) is 3.46. The van der Waals surface area contributed by atoms with Gasteiger partial charge in [0, 0.05) is 0 Å². The van der Waals surface area contributed by atoms with Crippen LogP contribution < -0.4 is 9.47 Å². The highest BCUT2D eigenvalue weighted by atomic mass is 35.5. The van der Waals surface area contributed by atoms with Gasteiger partial charge in [-0.15, -0.1) is 11.6 Å². The van der Waals surface area contributed by atoms with Gasteiger partial charge < -0.3 is 9.47 Å². The molecule has 0 amide bonds. The first-order chi connectivity index (χ1) is 9.99. The van der Waals surface area contributed by atoms with Gasteiger partial charge in [0.1, 0.15) is 17.3 Å². The Morgan fingerprint density at radius 2 is 1.48 bits per heavy atom. The number of halogens is 2. The van der Waals surface area contributed by atoms with Crippen molar-refractivity contribution in [2.75, 3.05) is 14.2 Å². The third-order valence-electron chi connectivity index (χ3n) is 3.47. The van der Waals surface area contributed by atoms with E-state index in [-0.39, 0.29) is 5.82 Å². The lowest BCUT2D eigenvalue weighted by atomic mass is 9.98. The van der Waals surface area contributed by atoms with Gasteiger partial charge in [-0.1, -0.05) is 18.2 Å². The van der Waals surface area contributed by atoms with E-state index in [0.717, 1.165) is 11.1 Å². The molecule has 4 heteroatoms. The molecule has 1 atom stereocenters. The molecule has 0 aliphatic rings. The minimum Gasteiger partial charge on any atom is -0.496 e. The van der Waals surface area contributed by atoms with Gasteiger partial charge in [0.2, 0.25) is 0 Å². The average Bonchev–Trinajstić information content (AvgIpc) is 2.50. The normalized spacial score (nSPS) is 12.1. The van der Waals surface area contributed by atoms with E-state index in [1.165, 1.54) is 0 Å². The lowest BCUT2D eigenvalue weighted by Gasteiger charge is -2.19. The molecular formula is C17H18ClFO2. The summed E-state index contributed by atoms with van der Waals surface area (Å²) in [6.07, 6.45) is 0. The lowest BCUT2D eigenvalue weighted by Crippen LogP contribution is -2.02. The first-order valence-electron chi connectivity index (χ1n) is 6.61. The van der Waals surface area contributed by atoms with Crippen molar-refractivity contribution >= 4 is 11.6 Å². The van der Waals surface area contributed by atoms with Gasteiger partial charge in [0.05, 0.1) is 25.2 Å². The molecule has 0 saturated heterocycles. The zero-order valence-electron chi connectivity index (χ0n) is 12.5. The molecular weight excluding hydrogens is 291 g/mol. The summed E-state index contributed by atoms with van der Waals surface area (Å²) in [7, 11) is 3.17. The van der Waals surface area contributed by atoms with E-state index >= 15 is 0 Å². The van der Waals surface area contributed by atoms with E-state index in [0.29, 0.717) is 22.6 Å². The van der Waals surface area contributed by atoms with Crippen molar-refractivity contribution in [2.45, 2.75) is 19.2 Å². The molecule has 0 aromatic heterocycles. The summed E-state index contributed by atoms with van der Waals surface area (Å²) in [5.41, 5.74) is 2.71. The van der Waals surface area contributed by atoms with Crippen LogP contribution in [0.5, 0.6) is 11.5 Å². The molecule has 0 aliphatic heterocycles. The second kappa shape index (κ2) is 6.35. The van der Waals surface area contributed by atoms with Crippen LogP contribution in [0, 0.1) is 19.7 Å². The summed E-state index contributed by atoms with van der Waals surface area (Å²) in [5.74, 6) is 1.09. The molecule has 0 radical (unpaired) electrons. The number of aryl methyl sites for hydroxylation is 2. The Bertz CT molecular complexity index is 610. The third-order valence-corrected chi connectivity index (χ3v) is 3.94. The number of hydrogen-bond donors (Lipinski definition) is 0. The van der Waals surface area contributed by atoms with Crippen molar-refractivity contribution in [3.8, 4) is 11.5 Å². The van der Waals surface area contributed by atoms with Gasteiger partial charge in [-0.05, 0) is 42.7 Å². The fraction of sp³-hybridized carbons (Fsp3) is 0.294. The maximum absolute atomic E-state index is 13.8. The zero-order valence-corrected chi connectivity index (χ0v) is 13.3.